The molecule has 0 aliphatic heterocycles. The zero-order chi connectivity index (χ0) is 12.9. The summed E-state index contributed by atoms with van der Waals surface area (Å²) in [7, 11) is 0. The molecule has 17 heavy (non-hydrogen) atoms. The lowest BCUT2D eigenvalue weighted by molar-refractivity contribution is 0.0945. The molecule has 0 bridgehead atoms. The average Bonchev–Trinajstić information content (AvgIpc) is 2.36. The SMILES string of the molecule is CSC(C)(C)CNC(=O)c1cnc(NN)cn1. The van der Waals surface area contributed by atoms with Gasteiger partial charge in [0.15, 0.2) is 5.82 Å². The minimum absolute atomic E-state index is 0.00183. The van der Waals surface area contributed by atoms with E-state index in [-0.39, 0.29) is 16.3 Å². The van der Waals surface area contributed by atoms with Crippen LogP contribution in [0.1, 0.15) is 24.3 Å². The zero-order valence-corrected chi connectivity index (χ0v) is 11.0. The Kier molecular flexibility index (Phi) is 4.71. The summed E-state index contributed by atoms with van der Waals surface area (Å²) < 4.78 is 0.00183. The third-order valence-corrected chi connectivity index (χ3v) is 3.51. The molecule has 0 radical (unpaired) electrons. The molecule has 7 heteroatoms. The molecule has 0 unspecified atom stereocenters. The molecule has 1 heterocycles. The summed E-state index contributed by atoms with van der Waals surface area (Å²) in [4.78, 5) is 19.6. The molecule has 1 aromatic rings. The first-order valence-corrected chi connectivity index (χ1v) is 6.33. The highest BCUT2D eigenvalue weighted by Gasteiger charge is 2.18. The predicted molar refractivity (Wildman–Crippen MR) is 69.8 cm³/mol. The van der Waals surface area contributed by atoms with Crippen molar-refractivity contribution in [3.8, 4) is 0 Å². The summed E-state index contributed by atoms with van der Waals surface area (Å²) in [5.74, 6) is 5.34. The van der Waals surface area contributed by atoms with Gasteiger partial charge in [-0.3, -0.25) is 4.79 Å². The Morgan fingerprint density at radius 3 is 2.65 bits per heavy atom. The van der Waals surface area contributed by atoms with Crippen molar-refractivity contribution in [3.63, 3.8) is 0 Å². The first-order chi connectivity index (χ1) is 7.98. The molecule has 0 aliphatic carbocycles. The van der Waals surface area contributed by atoms with Crippen molar-refractivity contribution in [3.05, 3.63) is 18.1 Å². The van der Waals surface area contributed by atoms with E-state index in [1.807, 2.05) is 6.26 Å². The molecule has 0 atom stereocenters. The van der Waals surface area contributed by atoms with E-state index in [4.69, 9.17) is 5.84 Å². The highest BCUT2D eigenvalue weighted by atomic mass is 32.2. The molecular weight excluding hydrogens is 238 g/mol. The van der Waals surface area contributed by atoms with Gasteiger partial charge in [-0.2, -0.15) is 11.8 Å². The molecule has 94 valence electrons. The lowest BCUT2D eigenvalue weighted by atomic mass is 10.2. The van der Waals surface area contributed by atoms with Crippen LogP contribution in [0.4, 0.5) is 5.82 Å². The molecular formula is C10H17N5OS. The number of nitrogens with zero attached hydrogens (tertiary/aromatic N) is 2. The largest absolute Gasteiger partial charge is 0.349 e. The van der Waals surface area contributed by atoms with E-state index in [1.54, 1.807) is 11.8 Å². The van der Waals surface area contributed by atoms with Gasteiger partial charge in [0.25, 0.3) is 5.91 Å². The van der Waals surface area contributed by atoms with Crippen LogP contribution in [0.2, 0.25) is 0 Å². The van der Waals surface area contributed by atoms with Gasteiger partial charge in [0.1, 0.15) is 5.69 Å². The fourth-order valence-corrected chi connectivity index (χ4v) is 1.19. The van der Waals surface area contributed by atoms with Gasteiger partial charge in [0.05, 0.1) is 12.4 Å². The predicted octanol–water partition coefficient (Wildman–Crippen LogP) is 0.634. The van der Waals surface area contributed by atoms with Crippen LogP contribution in [0, 0.1) is 0 Å². The summed E-state index contributed by atoms with van der Waals surface area (Å²) >= 11 is 1.69. The molecule has 0 aromatic carbocycles. The Morgan fingerprint density at radius 2 is 2.18 bits per heavy atom. The number of anilines is 1. The number of thioether (sulfide) groups is 1. The number of aromatic nitrogens is 2. The topological polar surface area (TPSA) is 92.9 Å². The second-order valence-corrected chi connectivity index (χ2v) is 5.59. The first-order valence-electron chi connectivity index (χ1n) is 5.10. The molecule has 0 fully saturated rings. The van der Waals surface area contributed by atoms with Gasteiger partial charge in [0, 0.05) is 11.3 Å². The second-order valence-electron chi connectivity index (χ2n) is 4.08. The fraction of sp³-hybridized carbons (Fsp3) is 0.500. The van der Waals surface area contributed by atoms with Gasteiger partial charge in [-0.25, -0.2) is 15.8 Å². The minimum atomic E-state index is -0.233. The van der Waals surface area contributed by atoms with Gasteiger partial charge in [-0.05, 0) is 20.1 Å². The van der Waals surface area contributed by atoms with Crippen molar-refractivity contribution in [1.82, 2.24) is 15.3 Å². The van der Waals surface area contributed by atoms with Gasteiger partial charge in [-0.1, -0.05) is 0 Å². The number of nitrogens with two attached hydrogens (primary N) is 1. The van der Waals surface area contributed by atoms with Gasteiger partial charge < -0.3 is 10.7 Å². The van der Waals surface area contributed by atoms with E-state index in [9.17, 15) is 4.79 Å². The highest BCUT2D eigenvalue weighted by Crippen LogP contribution is 2.19. The summed E-state index contributed by atoms with van der Waals surface area (Å²) in [6.45, 7) is 4.70. The van der Waals surface area contributed by atoms with E-state index in [2.05, 4.69) is 34.6 Å². The van der Waals surface area contributed by atoms with Crippen LogP contribution in [0.5, 0.6) is 0 Å². The van der Waals surface area contributed by atoms with Crippen molar-refractivity contribution in [2.24, 2.45) is 5.84 Å². The number of nitrogen functional groups attached to an aromatic ring is 1. The molecule has 0 saturated heterocycles. The Balaban J connectivity index is 2.58. The van der Waals surface area contributed by atoms with E-state index in [0.717, 1.165) is 0 Å². The van der Waals surface area contributed by atoms with Crippen LogP contribution >= 0.6 is 11.8 Å². The lowest BCUT2D eigenvalue weighted by Gasteiger charge is -2.21. The molecule has 1 amide bonds. The number of rotatable bonds is 5. The molecule has 0 spiro atoms. The average molecular weight is 255 g/mol. The van der Waals surface area contributed by atoms with Gasteiger partial charge in [0.2, 0.25) is 0 Å². The number of hydrazine groups is 1. The molecule has 1 rings (SSSR count). The van der Waals surface area contributed by atoms with E-state index in [0.29, 0.717) is 12.4 Å². The number of nitrogens with one attached hydrogen (secondary N) is 2. The smallest absolute Gasteiger partial charge is 0.271 e. The van der Waals surface area contributed by atoms with Crippen LogP contribution < -0.4 is 16.6 Å². The normalized spacial score (nSPS) is 11.1. The van der Waals surface area contributed by atoms with E-state index >= 15 is 0 Å². The van der Waals surface area contributed by atoms with Crippen LogP contribution in [-0.2, 0) is 0 Å². The summed E-state index contributed by atoms with van der Waals surface area (Å²) in [5, 5.41) is 2.81. The Labute approximate surface area is 105 Å². The maximum Gasteiger partial charge on any atom is 0.271 e. The molecule has 0 saturated carbocycles. The third-order valence-electron chi connectivity index (χ3n) is 2.26. The Morgan fingerprint density at radius 1 is 1.47 bits per heavy atom. The summed E-state index contributed by atoms with van der Waals surface area (Å²) in [6.07, 6.45) is 4.80. The number of carbonyl (C=O) groups is 1. The zero-order valence-electron chi connectivity index (χ0n) is 10.2. The quantitative estimate of drug-likeness (QED) is 0.528. The van der Waals surface area contributed by atoms with E-state index < -0.39 is 0 Å². The molecule has 4 N–H and O–H groups in total. The third kappa shape index (κ3) is 4.20. The Hall–Kier alpha value is -1.34. The molecule has 1 aromatic heterocycles. The molecule has 0 aliphatic rings. The first kappa shape index (κ1) is 13.7. The maximum absolute atomic E-state index is 11.7. The summed E-state index contributed by atoms with van der Waals surface area (Å²) in [6, 6.07) is 0. The Bertz CT molecular complexity index is 379. The van der Waals surface area contributed by atoms with Crippen molar-refractivity contribution < 1.29 is 4.79 Å². The van der Waals surface area contributed by atoms with Crippen molar-refractivity contribution in [2.75, 3.05) is 18.2 Å². The van der Waals surface area contributed by atoms with Crippen LogP contribution in [-0.4, -0.2) is 33.4 Å². The van der Waals surface area contributed by atoms with Crippen molar-refractivity contribution in [2.45, 2.75) is 18.6 Å². The van der Waals surface area contributed by atoms with Crippen LogP contribution in [0.15, 0.2) is 12.4 Å². The monoisotopic (exact) mass is 255 g/mol. The number of amides is 1. The molecule has 6 nitrogen and oxygen atoms in total. The minimum Gasteiger partial charge on any atom is -0.349 e. The number of hydrogen-bond donors (Lipinski definition) is 3. The second kappa shape index (κ2) is 5.83. The van der Waals surface area contributed by atoms with Crippen LogP contribution in [0.25, 0.3) is 0 Å². The fourth-order valence-electron chi connectivity index (χ4n) is 0.976. The van der Waals surface area contributed by atoms with Gasteiger partial charge in [-0.15, -0.1) is 0 Å². The van der Waals surface area contributed by atoms with Crippen molar-refractivity contribution >= 4 is 23.5 Å². The number of carbonyl (C=O) groups excluding carboxylic acids is 1. The standard InChI is InChI=1S/C10H17N5OS/c1-10(2,17-3)6-14-9(16)7-4-13-8(15-11)5-12-7/h4-5H,6,11H2,1-3H3,(H,13,15)(H,14,16). The van der Waals surface area contributed by atoms with Gasteiger partial charge >= 0.3 is 0 Å². The highest BCUT2D eigenvalue weighted by molar-refractivity contribution is 7.99. The summed E-state index contributed by atoms with van der Waals surface area (Å²) in [5.41, 5.74) is 2.63. The van der Waals surface area contributed by atoms with E-state index in [1.165, 1.54) is 12.4 Å². The maximum atomic E-state index is 11.7. The lowest BCUT2D eigenvalue weighted by Crippen LogP contribution is -2.36. The number of hydrogen-bond acceptors (Lipinski definition) is 6. The van der Waals surface area contributed by atoms with Crippen molar-refractivity contribution in [1.29, 1.82) is 0 Å². The van der Waals surface area contributed by atoms with Crippen LogP contribution in [0.3, 0.4) is 0 Å².